The van der Waals surface area contributed by atoms with Gasteiger partial charge in [0, 0.05) is 26.7 Å². The van der Waals surface area contributed by atoms with E-state index in [1.54, 1.807) is 12.1 Å². The molecule has 0 spiro atoms. The number of nitrogens with zero attached hydrogens (tertiary/aromatic N) is 2. The summed E-state index contributed by atoms with van der Waals surface area (Å²) in [6.07, 6.45) is -3.65. The molecule has 2 rings (SSSR count). The molecule has 32 heavy (non-hydrogen) atoms. The van der Waals surface area contributed by atoms with Crippen LogP contribution in [0, 0.1) is 0 Å². The molecule has 0 aliphatic carbocycles. The van der Waals surface area contributed by atoms with Crippen LogP contribution >= 0.6 is 24.0 Å². The molecule has 176 valence electrons. The fourth-order valence-corrected chi connectivity index (χ4v) is 2.82. The number of rotatable bonds is 9. The molecule has 0 atom stereocenters. The highest BCUT2D eigenvalue weighted by molar-refractivity contribution is 14.0. The lowest BCUT2D eigenvalue weighted by Gasteiger charge is -2.22. The molecular formula is C22H28F3IN4O2. The van der Waals surface area contributed by atoms with Crippen molar-refractivity contribution in [3.8, 4) is 5.75 Å². The second-order valence-corrected chi connectivity index (χ2v) is 6.94. The molecule has 2 aromatic carbocycles. The van der Waals surface area contributed by atoms with Crippen LogP contribution in [0.3, 0.4) is 0 Å². The van der Waals surface area contributed by atoms with Gasteiger partial charge in [-0.3, -0.25) is 9.79 Å². The van der Waals surface area contributed by atoms with Crippen LogP contribution in [0.5, 0.6) is 5.75 Å². The van der Waals surface area contributed by atoms with Gasteiger partial charge >= 0.3 is 6.18 Å². The van der Waals surface area contributed by atoms with Crippen LogP contribution in [0.4, 0.5) is 13.2 Å². The Kier molecular flexibility index (Phi) is 11.3. The van der Waals surface area contributed by atoms with E-state index in [2.05, 4.69) is 10.3 Å². The number of carbonyl (C=O) groups excluding carboxylic acids is 1. The van der Waals surface area contributed by atoms with Gasteiger partial charge in [0.15, 0.2) is 12.6 Å². The van der Waals surface area contributed by atoms with Gasteiger partial charge in [0.2, 0.25) is 0 Å². The summed E-state index contributed by atoms with van der Waals surface area (Å²) in [6, 6.07) is 12.5. The number of benzene rings is 2. The van der Waals surface area contributed by atoms with E-state index in [4.69, 9.17) is 10.5 Å². The molecule has 0 bridgehead atoms. The Hall–Kier alpha value is -2.50. The Labute approximate surface area is 203 Å². The number of carbonyl (C=O) groups is 1. The van der Waals surface area contributed by atoms with Gasteiger partial charge in [-0.15, -0.1) is 24.0 Å². The number of ether oxygens (including phenoxy) is 1. The van der Waals surface area contributed by atoms with E-state index in [1.807, 2.05) is 31.0 Å². The first-order chi connectivity index (χ1) is 14.7. The van der Waals surface area contributed by atoms with Crippen molar-refractivity contribution in [1.82, 2.24) is 10.2 Å². The molecule has 1 amide bonds. The zero-order chi connectivity index (χ0) is 22.9. The predicted molar refractivity (Wildman–Crippen MR) is 129 cm³/mol. The van der Waals surface area contributed by atoms with Gasteiger partial charge in [-0.25, -0.2) is 0 Å². The quantitative estimate of drug-likeness (QED) is 0.276. The van der Waals surface area contributed by atoms with Gasteiger partial charge in [0.05, 0.1) is 5.56 Å². The lowest BCUT2D eigenvalue weighted by molar-refractivity contribution is -0.137. The fraction of sp³-hybridized carbons (Fsp3) is 0.364. The van der Waals surface area contributed by atoms with E-state index in [9.17, 15) is 18.0 Å². The van der Waals surface area contributed by atoms with Crippen molar-refractivity contribution in [2.45, 2.75) is 26.1 Å². The van der Waals surface area contributed by atoms with E-state index in [0.29, 0.717) is 37.8 Å². The molecule has 0 fully saturated rings. The largest absolute Gasteiger partial charge is 0.484 e. The Morgan fingerprint density at radius 2 is 1.69 bits per heavy atom. The summed E-state index contributed by atoms with van der Waals surface area (Å²) >= 11 is 0. The van der Waals surface area contributed by atoms with Crippen LogP contribution in [-0.4, -0.2) is 43.5 Å². The molecule has 0 aliphatic rings. The Morgan fingerprint density at radius 1 is 1.09 bits per heavy atom. The lowest BCUT2D eigenvalue weighted by Crippen LogP contribution is -2.38. The maximum atomic E-state index is 12.7. The number of primary amides is 1. The average molecular weight is 564 g/mol. The summed E-state index contributed by atoms with van der Waals surface area (Å²) in [5.41, 5.74) is 6.20. The third kappa shape index (κ3) is 9.33. The summed E-state index contributed by atoms with van der Waals surface area (Å²) in [4.78, 5) is 17.2. The minimum Gasteiger partial charge on any atom is -0.484 e. The minimum atomic E-state index is -4.34. The van der Waals surface area contributed by atoms with E-state index in [0.717, 1.165) is 23.3 Å². The maximum absolute atomic E-state index is 12.7. The number of aliphatic imine (C=N–C) groups is 1. The number of nitrogens with one attached hydrogen (secondary N) is 1. The molecule has 10 heteroatoms. The van der Waals surface area contributed by atoms with Crippen LogP contribution in [-0.2, 0) is 23.9 Å². The molecule has 0 saturated heterocycles. The van der Waals surface area contributed by atoms with Crippen molar-refractivity contribution in [2.24, 2.45) is 10.7 Å². The van der Waals surface area contributed by atoms with Crippen molar-refractivity contribution >= 4 is 35.8 Å². The molecule has 3 N–H and O–H groups in total. The highest BCUT2D eigenvalue weighted by atomic mass is 127. The molecule has 0 aliphatic heterocycles. The predicted octanol–water partition coefficient (Wildman–Crippen LogP) is 3.83. The number of alkyl halides is 3. The molecule has 0 unspecified atom stereocenters. The van der Waals surface area contributed by atoms with Crippen LogP contribution < -0.4 is 15.8 Å². The van der Waals surface area contributed by atoms with Crippen LogP contribution in [0.1, 0.15) is 23.6 Å². The third-order valence-corrected chi connectivity index (χ3v) is 4.36. The number of guanidine groups is 1. The minimum absolute atomic E-state index is 0. The Balaban J connectivity index is 0.00000512. The Bertz CT molecular complexity index is 872. The van der Waals surface area contributed by atoms with Gasteiger partial charge in [-0.2, -0.15) is 13.2 Å². The van der Waals surface area contributed by atoms with E-state index in [1.165, 1.54) is 12.1 Å². The number of halogens is 4. The molecule has 0 heterocycles. The van der Waals surface area contributed by atoms with E-state index < -0.39 is 17.6 Å². The van der Waals surface area contributed by atoms with Crippen LogP contribution in [0.25, 0.3) is 0 Å². The molecular weight excluding hydrogens is 536 g/mol. The van der Waals surface area contributed by atoms with Crippen LogP contribution in [0.15, 0.2) is 53.5 Å². The molecule has 6 nitrogen and oxygen atoms in total. The number of hydrogen-bond donors (Lipinski definition) is 2. The third-order valence-electron chi connectivity index (χ3n) is 4.36. The summed E-state index contributed by atoms with van der Waals surface area (Å²) < 4.78 is 43.4. The smallest absolute Gasteiger partial charge is 0.416 e. The average Bonchev–Trinajstić information content (AvgIpc) is 2.72. The zero-order valence-corrected chi connectivity index (χ0v) is 20.3. The van der Waals surface area contributed by atoms with Crippen molar-refractivity contribution in [3.05, 3.63) is 65.2 Å². The highest BCUT2D eigenvalue weighted by Crippen LogP contribution is 2.29. The van der Waals surface area contributed by atoms with Gasteiger partial charge in [-0.05, 0) is 48.7 Å². The Morgan fingerprint density at radius 3 is 2.22 bits per heavy atom. The summed E-state index contributed by atoms with van der Waals surface area (Å²) in [6.45, 7) is 3.41. The van der Waals surface area contributed by atoms with Gasteiger partial charge in [0.1, 0.15) is 5.75 Å². The zero-order valence-electron chi connectivity index (χ0n) is 18.0. The van der Waals surface area contributed by atoms with Crippen molar-refractivity contribution in [1.29, 1.82) is 0 Å². The summed E-state index contributed by atoms with van der Waals surface area (Å²) in [7, 11) is 1.84. The normalized spacial score (nSPS) is 11.5. The SMILES string of the molecule is CCNC(=NCCc1ccc(OCC(N)=O)cc1)N(C)Cc1ccc(C(F)(F)F)cc1.I. The first-order valence-corrected chi connectivity index (χ1v) is 9.84. The highest BCUT2D eigenvalue weighted by Gasteiger charge is 2.29. The van der Waals surface area contributed by atoms with Crippen molar-refractivity contribution in [2.75, 3.05) is 26.7 Å². The van der Waals surface area contributed by atoms with Gasteiger partial charge in [-0.1, -0.05) is 24.3 Å². The van der Waals surface area contributed by atoms with E-state index >= 15 is 0 Å². The molecule has 0 aromatic heterocycles. The number of amides is 1. The maximum Gasteiger partial charge on any atom is 0.416 e. The summed E-state index contributed by atoms with van der Waals surface area (Å²) in [5, 5.41) is 3.19. The lowest BCUT2D eigenvalue weighted by atomic mass is 10.1. The fourth-order valence-electron chi connectivity index (χ4n) is 2.82. The van der Waals surface area contributed by atoms with Crippen molar-refractivity contribution < 1.29 is 22.7 Å². The monoisotopic (exact) mass is 564 g/mol. The number of hydrogen-bond acceptors (Lipinski definition) is 3. The first kappa shape index (κ1) is 27.5. The second kappa shape index (κ2) is 13.1. The number of nitrogens with two attached hydrogens (primary N) is 1. The standard InChI is InChI=1S/C22H27F3N4O2.HI/c1-3-27-21(29(2)14-17-4-8-18(9-5-17)22(23,24)25)28-13-12-16-6-10-19(11-7-16)31-15-20(26)30;/h4-11H,3,12-15H2,1-2H3,(H2,26,30)(H,27,28);1H. The molecule has 2 aromatic rings. The summed E-state index contributed by atoms with van der Waals surface area (Å²) in [5.74, 6) is 0.703. The van der Waals surface area contributed by atoms with Gasteiger partial charge in [0.25, 0.3) is 5.91 Å². The topological polar surface area (TPSA) is 80.0 Å². The second-order valence-electron chi connectivity index (χ2n) is 6.94. The van der Waals surface area contributed by atoms with Crippen LogP contribution in [0.2, 0.25) is 0 Å². The van der Waals surface area contributed by atoms with Gasteiger partial charge < -0.3 is 20.7 Å². The van der Waals surface area contributed by atoms with Crippen molar-refractivity contribution in [3.63, 3.8) is 0 Å². The van der Waals surface area contributed by atoms with E-state index in [-0.39, 0.29) is 30.6 Å². The molecule has 0 saturated carbocycles. The first-order valence-electron chi connectivity index (χ1n) is 9.84. The molecule has 0 radical (unpaired) electrons.